The molecule has 9 nitrogen and oxygen atoms in total. The van der Waals surface area contributed by atoms with Crippen LogP contribution >= 0.6 is 0 Å². The number of aromatic nitrogens is 3. The Hall–Kier alpha value is -2.39. The summed E-state index contributed by atoms with van der Waals surface area (Å²) in [5, 5.41) is 11.6. The first-order valence-corrected chi connectivity index (χ1v) is 11.0. The Morgan fingerprint density at radius 2 is 2.27 bits per heavy atom. The third kappa shape index (κ3) is 5.02. The Labute approximate surface area is 177 Å². The predicted molar refractivity (Wildman–Crippen MR) is 114 cm³/mol. The number of methoxy groups -OCH3 is 1. The molecule has 2 N–H and O–H groups in total. The standard InChI is InChI=1S/C21H33N7O2/c1-3-22-21(23-13-17(18-7-6-12-30-18)27-10-4-5-11-27)24-16-8-9-20-25-19(15-29-2)26-28(20)14-16/h6-7,12,16-17H,3-5,8-11,13-15H2,1-2H3,(H2,22,23,24). The van der Waals surface area contributed by atoms with Gasteiger partial charge in [0.25, 0.3) is 0 Å². The van der Waals surface area contributed by atoms with Crippen LogP contribution in [0.15, 0.2) is 27.8 Å². The highest BCUT2D eigenvalue weighted by Crippen LogP contribution is 2.25. The summed E-state index contributed by atoms with van der Waals surface area (Å²) < 4.78 is 12.9. The minimum Gasteiger partial charge on any atom is -0.468 e. The van der Waals surface area contributed by atoms with Crippen molar-refractivity contribution in [2.24, 2.45) is 4.99 Å². The zero-order chi connectivity index (χ0) is 20.8. The van der Waals surface area contributed by atoms with E-state index in [0.29, 0.717) is 13.2 Å². The summed E-state index contributed by atoms with van der Waals surface area (Å²) in [6.07, 6.45) is 6.14. The molecular formula is C21H33N7O2. The molecule has 2 aromatic heterocycles. The lowest BCUT2D eigenvalue weighted by molar-refractivity contribution is 0.177. The van der Waals surface area contributed by atoms with E-state index in [-0.39, 0.29) is 12.1 Å². The number of rotatable bonds is 8. The summed E-state index contributed by atoms with van der Waals surface area (Å²) >= 11 is 0. The zero-order valence-corrected chi connectivity index (χ0v) is 18.0. The summed E-state index contributed by atoms with van der Waals surface area (Å²) in [4.78, 5) is 12.0. The molecule has 0 saturated carbocycles. The highest BCUT2D eigenvalue weighted by atomic mass is 16.5. The first kappa shape index (κ1) is 20.9. The molecule has 4 rings (SSSR count). The van der Waals surface area contributed by atoms with Crippen molar-refractivity contribution in [3.63, 3.8) is 0 Å². The van der Waals surface area contributed by atoms with E-state index in [4.69, 9.17) is 14.1 Å². The molecule has 9 heteroatoms. The highest BCUT2D eigenvalue weighted by Gasteiger charge is 2.26. The van der Waals surface area contributed by atoms with E-state index >= 15 is 0 Å². The molecular weight excluding hydrogens is 382 g/mol. The molecule has 0 amide bonds. The molecule has 0 radical (unpaired) electrons. The van der Waals surface area contributed by atoms with Crippen LogP contribution < -0.4 is 10.6 Å². The van der Waals surface area contributed by atoms with Crippen molar-refractivity contribution in [3.8, 4) is 0 Å². The van der Waals surface area contributed by atoms with E-state index in [2.05, 4.69) is 38.6 Å². The Bertz CT molecular complexity index is 811. The maximum atomic E-state index is 5.73. The first-order valence-electron chi connectivity index (χ1n) is 11.0. The number of fused-ring (bicyclic) bond motifs is 1. The van der Waals surface area contributed by atoms with Crippen LogP contribution in [0.2, 0.25) is 0 Å². The molecule has 2 aliphatic rings. The summed E-state index contributed by atoms with van der Waals surface area (Å²) in [6, 6.07) is 4.47. The minimum atomic E-state index is 0.183. The molecule has 2 unspecified atom stereocenters. The summed E-state index contributed by atoms with van der Waals surface area (Å²) in [5.41, 5.74) is 0. The van der Waals surface area contributed by atoms with E-state index in [1.54, 1.807) is 13.4 Å². The number of aliphatic imine (C=N–C) groups is 1. The lowest BCUT2D eigenvalue weighted by Gasteiger charge is -2.27. The van der Waals surface area contributed by atoms with Crippen molar-refractivity contribution in [1.82, 2.24) is 30.3 Å². The molecule has 2 aromatic rings. The van der Waals surface area contributed by atoms with Gasteiger partial charge < -0.3 is 19.8 Å². The average Bonchev–Trinajstić information content (AvgIpc) is 3.50. The van der Waals surface area contributed by atoms with Gasteiger partial charge in [0.15, 0.2) is 11.8 Å². The fourth-order valence-electron chi connectivity index (χ4n) is 4.28. The Morgan fingerprint density at radius 3 is 3.00 bits per heavy atom. The van der Waals surface area contributed by atoms with Gasteiger partial charge in [-0.25, -0.2) is 9.67 Å². The first-order chi connectivity index (χ1) is 14.8. The van der Waals surface area contributed by atoms with Gasteiger partial charge in [-0.2, -0.15) is 5.10 Å². The number of nitrogens with zero attached hydrogens (tertiary/aromatic N) is 5. The normalized spacial score (nSPS) is 20.9. The van der Waals surface area contributed by atoms with E-state index in [0.717, 1.165) is 62.4 Å². The van der Waals surface area contributed by atoms with Gasteiger partial charge in [-0.1, -0.05) is 0 Å². The van der Waals surface area contributed by atoms with Gasteiger partial charge in [0.1, 0.15) is 18.2 Å². The van der Waals surface area contributed by atoms with Crippen LogP contribution in [0.4, 0.5) is 0 Å². The Balaban J connectivity index is 1.41. The Morgan fingerprint density at radius 1 is 1.40 bits per heavy atom. The van der Waals surface area contributed by atoms with Crippen molar-refractivity contribution < 1.29 is 9.15 Å². The molecule has 0 aliphatic carbocycles. The number of likely N-dealkylation sites (tertiary alicyclic amines) is 1. The largest absolute Gasteiger partial charge is 0.468 e. The molecule has 30 heavy (non-hydrogen) atoms. The van der Waals surface area contributed by atoms with Crippen LogP contribution in [0.1, 0.15) is 49.6 Å². The molecule has 4 heterocycles. The third-order valence-corrected chi connectivity index (χ3v) is 5.74. The smallest absolute Gasteiger partial charge is 0.191 e. The SMILES string of the molecule is CCNC(=NCC(c1ccco1)N1CCCC1)NC1CCc2nc(COC)nn2C1. The third-order valence-electron chi connectivity index (χ3n) is 5.74. The maximum absolute atomic E-state index is 5.73. The van der Waals surface area contributed by atoms with E-state index < -0.39 is 0 Å². The van der Waals surface area contributed by atoms with Crippen molar-refractivity contribution in [2.75, 3.05) is 33.3 Å². The number of ether oxygens (including phenoxy) is 1. The molecule has 164 valence electrons. The highest BCUT2D eigenvalue weighted by molar-refractivity contribution is 5.80. The average molecular weight is 416 g/mol. The van der Waals surface area contributed by atoms with Gasteiger partial charge in [0, 0.05) is 26.1 Å². The van der Waals surface area contributed by atoms with Crippen LogP contribution in [-0.4, -0.2) is 65.0 Å². The molecule has 0 bridgehead atoms. The maximum Gasteiger partial charge on any atom is 0.191 e. The molecule has 0 spiro atoms. The molecule has 1 fully saturated rings. The monoisotopic (exact) mass is 415 g/mol. The fourth-order valence-corrected chi connectivity index (χ4v) is 4.28. The van der Waals surface area contributed by atoms with Crippen molar-refractivity contribution in [2.45, 2.75) is 57.8 Å². The summed E-state index contributed by atoms with van der Waals surface area (Å²) in [6.45, 7) is 7.02. The van der Waals surface area contributed by atoms with Gasteiger partial charge in [-0.15, -0.1) is 0 Å². The van der Waals surface area contributed by atoms with Crippen LogP contribution in [0, 0.1) is 0 Å². The van der Waals surface area contributed by atoms with E-state index in [1.165, 1.54) is 12.8 Å². The quantitative estimate of drug-likeness (QED) is 0.501. The van der Waals surface area contributed by atoms with Crippen LogP contribution in [0.25, 0.3) is 0 Å². The van der Waals surface area contributed by atoms with Crippen molar-refractivity contribution in [3.05, 3.63) is 35.8 Å². The van der Waals surface area contributed by atoms with Crippen LogP contribution in [-0.2, 0) is 24.3 Å². The number of nitrogens with one attached hydrogen (secondary N) is 2. The van der Waals surface area contributed by atoms with Gasteiger partial charge in [0.05, 0.1) is 25.4 Å². The fraction of sp³-hybridized carbons (Fsp3) is 0.667. The number of hydrogen-bond acceptors (Lipinski definition) is 6. The minimum absolute atomic E-state index is 0.183. The topological polar surface area (TPSA) is 92.7 Å². The van der Waals surface area contributed by atoms with Gasteiger partial charge in [0.2, 0.25) is 0 Å². The molecule has 2 atom stereocenters. The van der Waals surface area contributed by atoms with Gasteiger partial charge >= 0.3 is 0 Å². The molecule has 1 saturated heterocycles. The molecule has 0 aromatic carbocycles. The number of guanidine groups is 1. The van der Waals surface area contributed by atoms with Crippen LogP contribution in [0.5, 0.6) is 0 Å². The second-order valence-electron chi connectivity index (χ2n) is 7.93. The molecule has 2 aliphatic heterocycles. The second kappa shape index (κ2) is 10.1. The number of furan rings is 1. The second-order valence-corrected chi connectivity index (χ2v) is 7.93. The number of hydrogen-bond donors (Lipinski definition) is 2. The van der Waals surface area contributed by atoms with E-state index in [9.17, 15) is 0 Å². The van der Waals surface area contributed by atoms with Gasteiger partial charge in [-0.05, 0) is 51.4 Å². The van der Waals surface area contributed by atoms with Crippen molar-refractivity contribution in [1.29, 1.82) is 0 Å². The lowest BCUT2D eigenvalue weighted by atomic mass is 10.1. The Kier molecular flexibility index (Phi) is 7.01. The van der Waals surface area contributed by atoms with Crippen molar-refractivity contribution >= 4 is 5.96 Å². The summed E-state index contributed by atoms with van der Waals surface area (Å²) in [7, 11) is 1.67. The lowest BCUT2D eigenvalue weighted by Crippen LogP contribution is -2.47. The number of aryl methyl sites for hydroxylation is 1. The van der Waals surface area contributed by atoms with E-state index in [1.807, 2.05) is 10.7 Å². The zero-order valence-electron chi connectivity index (χ0n) is 18.0. The summed E-state index contributed by atoms with van der Waals surface area (Å²) in [5.74, 6) is 3.63. The predicted octanol–water partition coefficient (Wildman–Crippen LogP) is 1.72. The van der Waals surface area contributed by atoms with Crippen LogP contribution in [0.3, 0.4) is 0 Å². The van der Waals surface area contributed by atoms with Gasteiger partial charge in [-0.3, -0.25) is 9.89 Å².